The van der Waals surface area contributed by atoms with Gasteiger partial charge in [-0.3, -0.25) is 14.4 Å². The maximum atomic E-state index is 13.0. The lowest BCUT2D eigenvalue weighted by Gasteiger charge is -2.15. The van der Waals surface area contributed by atoms with Crippen molar-refractivity contribution in [2.24, 2.45) is 11.8 Å². The summed E-state index contributed by atoms with van der Waals surface area (Å²) in [6, 6.07) is 5.45. The van der Waals surface area contributed by atoms with Crippen LogP contribution in [-0.2, 0) is 14.4 Å². The minimum Gasteiger partial charge on any atom is -0.355 e. The predicted molar refractivity (Wildman–Crippen MR) is 76.4 cm³/mol. The fraction of sp³-hybridized carbons (Fsp3) is 0.438. The van der Waals surface area contributed by atoms with Gasteiger partial charge in [0.05, 0.1) is 11.8 Å². The maximum absolute atomic E-state index is 13.0. The van der Waals surface area contributed by atoms with Crippen LogP contribution in [0.4, 0.5) is 4.39 Å². The fourth-order valence-corrected chi connectivity index (χ4v) is 2.73. The lowest BCUT2D eigenvalue weighted by Crippen LogP contribution is -2.38. The molecule has 2 amide bonds. The highest BCUT2D eigenvalue weighted by Gasteiger charge is 2.42. The van der Waals surface area contributed by atoms with Crippen LogP contribution in [0.5, 0.6) is 0 Å². The zero-order chi connectivity index (χ0) is 15.7. The number of amides is 2. The second-order valence-electron chi connectivity index (χ2n) is 5.90. The Hall–Kier alpha value is -2.24. The molecule has 0 aromatic heterocycles. The summed E-state index contributed by atoms with van der Waals surface area (Å²) in [4.78, 5) is 36.2. The molecule has 0 bridgehead atoms. The van der Waals surface area contributed by atoms with Crippen LogP contribution < -0.4 is 10.6 Å². The number of nitrogens with one attached hydrogen (secondary N) is 2. The van der Waals surface area contributed by atoms with E-state index in [0.717, 1.165) is 12.8 Å². The molecule has 3 rings (SSSR count). The predicted octanol–water partition coefficient (Wildman–Crippen LogP) is 0.751. The first-order valence-electron chi connectivity index (χ1n) is 7.41. The first kappa shape index (κ1) is 14.7. The first-order chi connectivity index (χ1) is 10.6. The van der Waals surface area contributed by atoms with Gasteiger partial charge in [-0.2, -0.15) is 0 Å². The summed E-state index contributed by atoms with van der Waals surface area (Å²) in [5, 5.41) is 5.24. The Morgan fingerprint density at radius 3 is 2.55 bits per heavy atom. The minimum absolute atomic E-state index is 0.135. The number of rotatable bonds is 5. The van der Waals surface area contributed by atoms with Crippen molar-refractivity contribution in [3.63, 3.8) is 0 Å². The van der Waals surface area contributed by atoms with E-state index in [4.69, 9.17) is 0 Å². The number of halogens is 1. The van der Waals surface area contributed by atoms with Gasteiger partial charge in [0.25, 0.3) is 5.91 Å². The molecular weight excluding hydrogens is 287 g/mol. The Morgan fingerprint density at radius 1 is 1.23 bits per heavy atom. The van der Waals surface area contributed by atoms with Crippen LogP contribution in [0.2, 0.25) is 0 Å². The normalized spacial score (nSPS) is 24.0. The number of carbonyl (C=O) groups excluding carboxylic acids is 3. The lowest BCUT2D eigenvalue weighted by atomic mass is 9.85. The Labute approximate surface area is 127 Å². The van der Waals surface area contributed by atoms with Crippen LogP contribution in [0.3, 0.4) is 0 Å². The summed E-state index contributed by atoms with van der Waals surface area (Å²) in [6.45, 7) is 0.649. The number of hydrogen-bond acceptors (Lipinski definition) is 3. The molecule has 0 spiro atoms. The topological polar surface area (TPSA) is 75.3 Å². The average molecular weight is 304 g/mol. The molecule has 1 aliphatic heterocycles. The van der Waals surface area contributed by atoms with E-state index in [-0.39, 0.29) is 12.5 Å². The second-order valence-corrected chi connectivity index (χ2v) is 5.90. The van der Waals surface area contributed by atoms with E-state index in [1.54, 1.807) is 0 Å². The molecule has 2 aliphatic rings. The van der Waals surface area contributed by atoms with Crippen LogP contribution in [0.15, 0.2) is 24.3 Å². The standard InChI is InChI=1S/C16H17FN2O3/c17-11-5-3-10(4-6-11)13-12(8-19-15(13)21)14(20)16(22)18-7-9-1-2-9/h3-6,9,12-13H,1-2,7-8H2,(H,18,22)(H,19,21)/t12-,13+/m0/s1. The minimum atomic E-state index is -0.739. The molecule has 116 valence electrons. The molecular formula is C16H17FN2O3. The molecule has 2 atom stereocenters. The van der Waals surface area contributed by atoms with Crippen LogP contribution in [0, 0.1) is 17.7 Å². The number of ketones is 1. The van der Waals surface area contributed by atoms with Crippen molar-refractivity contribution >= 4 is 17.6 Å². The Kier molecular flexibility index (Phi) is 3.92. The maximum Gasteiger partial charge on any atom is 0.287 e. The third kappa shape index (κ3) is 3.00. The smallest absolute Gasteiger partial charge is 0.287 e. The van der Waals surface area contributed by atoms with E-state index in [1.807, 2.05) is 0 Å². The van der Waals surface area contributed by atoms with Gasteiger partial charge in [-0.15, -0.1) is 0 Å². The molecule has 6 heteroatoms. The van der Waals surface area contributed by atoms with E-state index in [1.165, 1.54) is 24.3 Å². The summed E-state index contributed by atoms with van der Waals surface area (Å²) >= 11 is 0. The highest BCUT2D eigenvalue weighted by atomic mass is 19.1. The van der Waals surface area contributed by atoms with E-state index >= 15 is 0 Å². The summed E-state index contributed by atoms with van der Waals surface area (Å²) < 4.78 is 13.0. The Balaban J connectivity index is 1.73. The Morgan fingerprint density at radius 2 is 1.91 bits per heavy atom. The lowest BCUT2D eigenvalue weighted by molar-refractivity contribution is -0.140. The molecule has 1 aliphatic carbocycles. The van der Waals surface area contributed by atoms with Gasteiger partial charge < -0.3 is 10.6 Å². The molecule has 1 aromatic carbocycles. The van der Waals surface area contributed by atoms with Crippen molar-refractivity contribution in [1.29, 1.82) is 0 Å². The molecule has 1 saturated carbocycles. The van der Waals surface area contributed by atoms with Gasteiger partial charge in [0.2, 0.25) is 11.7 Å². The molecule has 1 heterocycles. The highest BCUT2D eigenvalue weighted by Crippen LogP contribution is 2.30. The van der Waals surface area contributed by atoms with Crippen molar-refractivity contribution < 1.29 is 18.8 Å². The molecule has 2 fully saturated rings. The quantitative estimate of drug-likeness (QED) is 0.788. The van der Waals surface area contributed by atoms with Crippen molar-refractivity contribution in [3.8, 4) is 0 Å². The van der Waals surface area contributed by atoms with E-state index < -0.39 is 29.3 Å². The Bertz CT molecular complexity index is 610. The van der Waals surface area contributed by atoms with Gasteiger partial charge in [0.1, 0.15) is 5.82 Å². The van der Waals surface area contributed by atoms with E-state index in [9.17, 15) is 18.8 Å². The molecule has 2 N–H and O–H groups in total. The van der Waals surface area contributed by atoms with Crippen molar-refractivity contribution in [2.45, 2.75) is 18.8 Å². The van der Waals surface area contributed by atoms with Gasteiger partial charge in [-0.05, 0) is 36.5 Å². The number of hydrogen-bond donors (Lipinski definition) is 2. The number of Topliss-reactive ketones (excluding diaryl/α,β-unsaturated/α-hetero) is 1. The first-order valence-corrected chi connectivity index (χ1v) is 7.41. The monoisotopic (exact) mass is 304 g/mol. The van der Waals surface area contributed by atoms with Gasteiger partial charge in [-0.25, -0.2) is 4.39 Å². The summed E-state index contributed by atoms with van der Waals surface area (Å²) in [6.07, 6.45) is 2.16. The third-order valence-corrected chi connectivity index (χ3v) is 4.22. The summed E-state index contributed by atoms with van der Waals surface area (Å²) in [5.74, 6) is -2.94. The van der Waals surface area contributed by atoms with Gasteiger partial charge in [0.15, 0.2) is 0 Å². The third-order valence-electron chi connectivity index (χ3n) is 4.22. The summed E-state index contributed by atoms with van der Waals surface area (Å²) in [7, 11) is 0. The molecule has 22 heavy (non-hydrogen) atoms. The van der Waals surface area contributed by atoms with Gasteiger partial charge >= 0.3 is 0 Å². The largest absolute Gasteiger partial charge is 0.355 e. The number of benzene rings is 1. The van der Waals surface area contributed by atoms with E-state index in [0.29, 0.717) is 18.0 Å². The molecule has 1 saturated heterocycles. The van der Waals surface area contributed by atoms with Gasteiger partial charge in [-0.1, -0.05) is 12.1 Å². The molecule has 5 nitrogen and oxygen atoms in total. The zero-order valence-electron chi connectivity index (χ0n) is 12.0. The molecule has 1 aromatic rings. The molecule has 0 unspecified atom stereocenters. The number of carbonyl (C=O) groups is 3. The second kappa shape index (κ2) is 5.87. The van der Waals surface area contributed by atoms with Crippen molar-refractivity contribution in [3.05, 3.63) is 35.6 Å². The van der Waals surface area contributed by atoms with E-state index in [2.05, 4.69) is 10.6 Å². The van der Waals surface area contributed by atoms with Crippen molar-refractivity contribution in [2.75, 3.05) is 13.1 Å². The van der Waals surface area contributed by atoms with Crippen LogP contribution in [0.1, 0.15) is 24.3 Å². The van der Waals surface area contributed by atoms with Crippen LogP contribution >= 0.6 is 0 Å². The zero-order valence-corrected chi connectivity index (χ0v) is 12.0. The SMILES string of the molecule is O=C(NCC1CC1)C(=O)[C@H]1CNC(=O)[C@@H]1c1ccc(F)cc1. The van der Waals surface area contributed by atoms with Crippen LogP contribution in [-0.4, -0.2) is 30.7 Å². The highest BCUT2D eigenvalue weighted by molar-refractivity contribution is 6.38. The molecule has 0 radical (unpaired) electrons. The average Bonchev–Trinajstić information content (AvgIpc) is 3.27. The van der Waals surface area contributed by atoms with Crippen molar-refractivity contribution in [1.82, 2.24) is 10.6 Å². The fourth-order valence-electron chi connectivity index (χ4n) is 2.73. The summed E-state index contributed by atoms with van der Waals surface area (Å²) in [5.41, 5.74) is 0.546. The van der Waals surface area contributed by atoms with Gasteiger partial charge in [0, 0.05) is 13.1 Å². The van der Waals surface area contributed by atoms with Crippen LogP contribution in [0.25, 0.3) is 0 Å².